The number of nitrogens with zero attached hydrogens (tertiary/aromatic N) is 1. The quantitative estimate of drug-likeness (QED) is 0.784. The van der Waals surface area contributed by atoms with Gasteiger partial charge in [0.2, 0.25) is 0 Å². The standard InChI is InChI=1S/C15H20N2/c1-9-6-7-10-11(8-9)17-13(16-10)12-14(2,3)15(12,4)5/h6-8,12H,1-5H3,(H,16,17). The second kappa shape index (κ2) is 2.92. The smallest absolute Gasteiger partial charge is 0.111 e. The molecule has 1 aliphatic carbocycles. The lowest BCUT2D eigenvalue weighted by Crippen LogP contribution is -1.95. The van der Waals surface area contributed by atoms with Crippen LogP contribution in [-0.4, -0.2) is 9.97 Å². The van der Waals surface area contributed by atoms with Crippen molar-refractivity contribution < 1.29 is 0 Å². The van der Waals surface area contributed by atoms with Crippen LogP contribution in [0.15, 0.2) is 18.2 Å². The van der Waals surface area contributed by atoms with Crippen molar-refractivity contribution in [3.8, 4) is 0 Å². The number of hydrogen-bond donors (Lipinski definition) is 1. The molecule has 1 saturated carbocycles. The Balaban J connectivity index is 2.09. The monoisotopic (exact) mass is 228 g/mol. The molecule has 0 spiro atoms. The SMILES string of the molecule is Cc1ccc2nc(C3C(C)(C)C3(C)C)[nH]c2c1. The Morgan fingerprint density at radius 3 is 2.35 bits per heavy atom. The van der Waals surface area contributed by atoms with Crippen molar-refractivity contribution in [1.82, 2.24) is 9.97 Å². The fourth-order valence-electron chi connectivity index (χ4n) is 3.16. The predicted octanol–water partition coefficient (Wildman–Crippen LogP) is 4.02. The van der Waals surface area contributed by atoms with E-state index in [1.165, 1.54) is 11.1 Å². The van der Waals surface area contributed by atoms with Gasteiger partial charge in [0.15, 0.2) is 0 Å². The lowest BCUT2D eigenvalue weighted by molar-refractivity contribution is 0.457. The third kappa shape index (κ3) is 1.30. The summed E-state index contributed by atoms with van der Waals surface area (Å²) >= 11 is 0. The third-order valence-electron chi connectivity index (χ3n) is 4.95. The van der Waals surface area contributed by atoms with E-state index in [0.29, 0.717) is 16.7 Å². The second-order valence-electron chi connectivity index (χ2n) is 6.52. The summed E-state index contributed by atoms with van der Waals surface area (Å²) in [5, 5.41) is 0. The normalized spacial score (nSPS) is 21.9. The zero-order valence-corrected chi connectivity index (χ0v) is 11.3. The van der Waals surface area contributed by atoms with Gasteiger partial charge in [-0.3, -0.25) is 0 Å². The van der Waals surface area contributed by atoms with Gasteiger partial charge in [-0.05, 0) is 35.4 Å². The molecule has 1 aromatic carbocycles. The number of imidazole rings is 1. The topological polar surface area (TPSA) is 28.7 Å². The van der Waals surface area contributed by atoms with Crippen LogP contribution in [0.1, 0.15) is 45.0 Å². The van der Waals surface area contributed by atoms with Crippen LogP contribution in [0.4, 0.5) is 0 Å². The fourth-order valence-corrected chi connectivity index (χ4v) is 3.16. The summed E-state index contributed by atoms with van der Waals surface area (Å²) in [5.41, 5.74) is 4.22. The van der Waals surface area contributed by atoms with E-state index in [-0.39, 0.29) is 0 Å². The van der Waals surface area contributed by atoms with Gasteiger partial charge < -0.3 is 4.98 Å². The summed E-state index contributed by atoms with van der Waals surface area (Å²) in [6.07, 6.45) is 0. The first kappa shape index (κ1) is 10.8. The summed E-state index contributed by atoms with van der Waals surface area (Å²) in [4.78, 5) is 8.25. The number of fused-ring (bicyclic) bond motifs is 1. The molecule has 1 fully saturated rings. The first-order valence-corrected chi connectivity index (χ1v) is 6.30. The van der Waals surface area contributed by atoms with E-state index in [4.69, 9.17) is 4.98 Å². The number of hydrogen-bond acceptors (Lipinski definition) is 1. The predicted molar refractivity (Wildman–Crippen MR) is 71.1 cm³/mol. The van der Waals surface area contributed by atoms with Crippen LogP contribution in [0.25, 0.3) is 11.0 Å². The van der Waals surface area contributed by atoms with E-state index in [2.05, 4.69) is 57.8 Å². The third-order valence-corrected chi connectivity index (χ3v) is 4.95. The van der Waals surface area contributed by atoms with Crippen LogP contribution in [0.3, 0.4) is 0 Å². The van der Waals surface area contributed by atoms with Gasteiger partial charge in [-0.25, -0.2) is 4.98 Å². The molecule has 0 amide bonds. The van der Waals surface area contributed by atoms with Gasteiger partial charge in [0.1, 0.15) is 5.82 Å². The number of H-pyrrole nitrogens is 1. The van der Waals surface area contributed by atoms with Crippen LogP contribution in [-0.2, 0) is 0 Å². The maximum Gasteiger partial charge on any atom is 0.111 e. The minimum Gasteiger partial charge on any atom is -0.342 e. The molecule has 1 aliphatic rings. The number of aromatic amines is 1. The van der Waals surface area contributed by atoms with E-state index in [0.717, 1.165) is 11.3 Å². The van der Waals surface area contributed by atoms with Crippen LogP contribution < -0.4 is 0 Å². The van der Waals surface area contributed by atoms with Crippen molar-refractivity contribution >= 4 is 11.0 Å². The Kier molecular flexibility index (Phi) is 1.86. The highest BCUT2D eigenvalue weighted by molar-refractivity contribution is 5.76. The molecule has 0 saturated heterocycles. The summed E-state index contributed by atoms with van der Waals surface area (Å²) in [6.45, 7) is 11.4. The summed E-state index contributed by atoms with van der Waals surface area (Å²) in [5.74, 6) is 1.70. The number of nitrogens with one attached hydrogen (secondary N) is 1. The lowest BCUT2D eigenvalue weighted by atomic mass is 10.0. The number of rotatable bonds is 1. The number of benzene rings is 1. The van der Waals surface area contributed by atoms with E-state index in [9.17, 15) is 0 Å². The highest BCUT2D eigenvalue weighted by Crippen LogP contribution is 2.73. The average molecular weight is 228 g/mol. The van der Waals surface area contributed by atoms with Gasteiger partial charge >= 0.3 is 0 Å². The minimum atomic E-state index is 0.343. The molecule has 1 aromatic heterocycles. The van der Waals surface area contributed by atoms with E-state index in [1.54, 1.807) is 0 Å². The van der Waals surface area contributed by atoms with Crippen LogP contribution in [0, 0.1) is 17.8 Å². The number of aromatic nitrogens is 2. The van der Waals surface area contributed by atoms with Crippen molar-refractivity contribution in [3.05, 3.63) is 29.6 Å². The molecular formula is C15H20N2. The molecule has 17 heavy (non-hydrogen) atoms. The first-order valence-electron chi connectivity index (χ1n) is 6.30. The molecule has 0 unspecified atom stereocenters. The largest absolute Gasteiger partial charge is 0.342 e. The van der Waals surface area contributed by atoms with Crippen LogP contribution >= 0.6 is 0 Å². The lowest BCUT2D eigenvalue weighted by Gasteiger charge is -2.03. The summed E-state index contributed by atoms with van der Waals surface area (Å²) in [6, 6.07) is 6.40. The molecule has 3 rings (SSSR count). The highest BCUT2D eigenvalue weighted by atomic mass is 15.0. The molecule has 0 bridgehead atoms. The summed E-state index contributed by atoms with van der Waals surface area (Å²) < 4.78 is 0. The molecule has 2 heteroatoms. The average Bonchev–Trinajstić information content (AvgIpc) is 2.56. The maximum atomic E-state index is 4.75. The van der Waals surface area contributed by atoms with Crippen molar-refractivity contribution in [3.63, 3.8) is 0 Å². The molecule has 90 valence electrons. The number of aryl methyl sites for hydroxylation is 1. The maximum absolute atomic E-state index is 4.75. The minimum absolute atomic E-state index is 0.343. The molecule has 1 heterocycles. The molecule has 1 N–H and O–H groups in total. The van der Waals surface area contributed by atoms with Crippen molar-refractivity contribution in [1.29, 1.82) is 0 Å². The van der Waals surface area contributed by atoms with Crippen LogP contribution in [0.2, 0.25) is 0 Å². The van der Waals surface area contributed by atoms with Gasteiger partial charge in [0, 0.05) is 5.92 Å². The van der Waals surface area contributed by atoms with Crippen molar-refractivity contribution in [2.75, 3.05) is 0 Å². The Hall–Kier alpha value is -1.31. The van der Waals surface area contributed by atoms with Crippen LogP contribution in [0.5, 0.6) is 0 Å². The Labute approximate surface area is 102 Å². The van der Waals surface area contributed by atoms with Gasteiger partial charge in [-0.15, -0.1) is 0 Å². The first-order chi connectivity index (χ1) is 7.84. The highest BCUT2D eigenvalue weighted by Gasteiger charge is 2.66. The van der Waals surface area contributed by atoms with E-state index >= 15 is 0 Å². The Bertz CT molecular complexity index is 576. The molecule has 2 aromatic rings. The van der Waals surface area contributed by atoms with Crippen molar-refractivity contribution in [2.24, 2.45) is 10.8 Å². The zero-order chi connectivity index (χ0) is 12.4. The van der Waals surface area contributed by atoms with Gasteiger partial charge in [-0.2, -0.15) is 0 Å². The Morgan fingerprint density at radius 2 is 1.76 bits per heavy atom. The van der Waals surface area contributed by atoms with E-state index in [1.807, 2.05) is 0 Å². The molecule has 0 atom stereocenters. The fraction of sp³-hybridized carbons (Fsp3) is 0.533. The molecular weight excluding hydrogens is 208 g/mol. The van der Waals surface area contributed by atoms with Crippen molar-refractivity contribution in [2.45, 2.75) is 40.5 Å². The zero-order valence-electron chi connectivity index (χ0n) is 11.3. The molecule has 0 aliphatic heterocycles. The van der Waals surface area contributed by atoms with Gasteiger partial charge in [-0.1, -0.05) is 33.8 Å². The van der Waals surface area contributed by atoms with Gasteiger partial charge in [0.25, 0.3) is 0 Å². The summed E-state index contributed by atoms with van der Waals surface area (Å²) in [7, 11) is 0. The van der Waals surface area contributed by atoms with Gasteiger partial charge in [0.05, 0.1) is 11.0 Å². The Morgan fingerprint density at radius 1 is 1.12 bits per heavy atom. The molecule has 2 nitrogen and oxygen atoms in total. The molecule has 0 radical (unpaired) electrons. The second-order valence-corrected chi connectivity index (χ2v) is 6.52. The van der Waals surface area contributed by atoms with E-state index < -0.39 is 0 Å².